The molecule has 0 unspecified atom stereocenters. The number of aryl methyl sites for hydroxylation is 1. The zero-order valence-corrected chi connectivity index (χ0v) is 12.2. The number of carbonyl (C=O) groups is 1. The van der Waals surface area contributed by atoms with Crippen molar-refractivity contribution in [3.63, 3.8) is 0 Å². The Morgan fingerprint density at radius 3 is 2.67 bits per heavy atom. The Labute approximate surface area is 124 Å². The van der Waals surface area contributed by atoms with Crippen LogP contribution in [0.3, 0.4) is 0 Å². The Morgan fingerprint density at radius 2 is 1.95 bits per heavy atom. The summed E-state index contributed by atoms with van der Waals surface area (Å²) in [4.78, 5) is 11.4. The fraction of sp³-hybridized carbons (Fsp3) is 0.235. The summed E-state index contributed by atoms with van der Waals surface area (Å²) >= 11 is 0. The summed E-state index contributed by atoms with van der Waals surface area (Å²) in [7, 11) is 0. The second-order valence-corrected chi connectivity index (χ2v) is 4.88. The summed E-state index contributed by atoms with van der Waals surface area (Å²) in [6.07, 6.45) is 0.436. The molecule has 0 heterocycles. The third-order valence-electron chi connectivity index (χ3n) is 3.27. The highest BCUT2D eigenvalue weighted by Gasteiger charge is 2.05. The van der Waals surface area contributed by atoms with Crippen LogP contribution in [-0.2, 0) is 11.3 Å². The van der Waals surface area contributed by atoms with Gasteiger partial charge in [-0.25, -0.2) is 4.39 Å². The number of nitrogens with one attached hydrogen (secondary N) is 2. The van der Waals surface area contributed by atoms with Gasteiger partial charge >= 0.3 is 0 Å². The van der Waals surface area contributed by atoms with Crippen molar-refractivity contribution in [2.45, 2.75) is 26.8 Å². The lowest BCUT2D eigenvalue weighted by atomic mass is 10.1. The first kappa shape index (κ1) is 15.0. The van der Waals surface area contributed by atoms with Gasteiger partial charge in [-0.1, -0.05) is 31.2 Å². The van der Waals surface area contributed by atoms with E-state index in [4.69, 9.17) is 0 Å². The van der Waals surface area contributed by atoms with Gasteiger partial charge in [0.05, 0.1) is 0 Å². The maximum absolute atomic E-state index is 13.6. The van der Waals surface area contributed by atoms with E-state index in [1.54, 1.807) is 19.1 Å². The van der Waals surface area contributed by atoms with Gasteiger partial charge in [-0.05, 0) is 30.7 Å². The number of hydrogen-bond acceptors (Lipinski definition) is 2. The van der Waals surface area contributed by atoms with Crippen molar-refractivity contribution in [1.82, 2.24) is 0 Å². The van der Waals surface area contributed by atoms with E-state index in [2.05, 4.69) is 10.6 Å². The first-order valence-electron chi connectivity index (χ1n) is 6.98. The standard InChI is InChI=1S/C17H19FN2O/c1-3-17(21)20-14-9-8-12(2)16(10-14)19-11-13-6-4-5-7-15(13)18/h4-10,19H,3,11H2,1-2H3,(H,20,21). The van der Waals surface area contributed by atoms with Crippen LogP contribution >= 0.6 is 0 Å². The maximum atomic E-state index is 13.6. The first-order chi connectivity index (χ1) is 10.1. The van der Waals surface area contributed by atoms with Crippen molar-refractivity contribution in [1.29, 1.82) is 0 Å². The van der Waals surface area contributed by atoms with Crippen molar-refractivity contribution < 1.29 is 9.18 Å². The molecule has 0 aliphatic rings. The summed E-state index contributed by atoms with van der Waals surface area (Å²) in [5, 5.41) is 6.03. The number of hydrogen-bond donors (Lipinski definition) is 2. The number of amides is 1. The van der Waals surface area contributed by atoms with E-state index in [0.717, 1.165) is 16.9 Å². The number of carbonyl (C=O) groups excluding carboxylic acids is 1. The molecule has 0 bridgehead atoms. The molecule has 0 aliphatic carbocycles. The summed E-state index contributed by atoms with van der Waals surface area (Å²) in [6.45, 7) is 4.18. The van der Waals surface area contributed by atoms with Crippen molar-refractivity contribution in [2.24, 2.45) is 0 Å². The van der Waals surface area contributed by atoms with Gasteiger partial charge < -0.3 is 10.6 Å². The minimum Gasteiger partial charge on any atom is -0.381 e. The molecule has 0 radical (unpaired) electrons. The Kier molecular flexibility index (Phi) is 4.93. The fourth-order valence-corrected chi connectivity index (χ4v) is 1.97. The van der Waals surface area contributed by atoms with Crippen LogP contribution in [-0.4, -0.2) is 5.91 Å². The van der Waals surface area contributed by atoms with E-state index < -0.39 is 0 Å². The van der Waals surface area contributed by atoms with Crippen LogP contribution in [0.1, 0.15) is 24.5 Å². The Morgan fingerprint density at radius 1 is 1.19 bits per heavy atom. The molecule has 2 rings (SSSR count). The van der Waals surface area contributed by atoms with E-state index in [1.807, 2.05) is 31.2 Å². The molecule has 2 N–H and O–H groups in total. The number of benzene rings is 2. The van der Waals surface area contributed by atoms with Crippen LogP contribution in [0.2, 0.25) is 0 Å². The number of anilines is 2. The molecule has 2 aromatic rings. The zero-order valence-electron chi connectivity index (χ0n) is 12.2. The first-order valence-corrected chi connectivity index (χ1v) is 6.98. The molecule has 0 saturated heterocycles. The number of halogens is 1. The van der Waals surface area contributed by atoms with Gasteiger partial charge in [0.2, 0.25) is 5.91 Å². The highest BCUT2D eigenvalue weighted by Crippen LogP contribution is 2.21. The molecule has 0 spiro atoms. The highest BCUT2D eigenvalue weighted by atomic mass is 19.1. The minimum atomic E-state index is -0.224. The molecule has 0 aliphatic heterocycles. The van der Waals surface area contributed by atoms with Gasteiger partial charge in [-0.15, -0.1) is 0 Å². The summed E-state index contributed by atoms with van der Waals surface area (Å²) in [6, 6.07) is 12.3. The largest absolute Gasteiger partial charge is 0.381 e. The predicted octanol–water partition coefficient (Wildman–Crippen LogP) is 4.09. The summed E-state index contributed by atoms with van der Waals surface area (Å²) in [5.74, 6) is -0.253. The monoisotopic (exact) mass is 286 g/mol. The number of rotatable bonds is 5. The van der Waals surface area contributed by atoms with Crippen LogP contribution < -0.4 is 10.6 Å². The molecular weight excluding hydrogens is 267 g/mol. The van der Waals surface area contributed by atoms with Crippen LogP contribution in [0.25, 0.3) is 0 Å². The molecule has 0 fully saturated rings. The molecule has 1 amide bonds. The topological polar surface area (TPSA) is 41.1 Å². The quantitative estimate of drug-likeness (QED) is 0.869. The predicted molar refractivity (Wildman–Crippen MR) is 83.8 cm³/mol. The third-order valence-corrected chi connectivity index (χ3v) is 3.27. The smallest absolute Gasteiger partial charge is 0.224 e. The van der Waals surface area contributed by atoms with Crippen LogP contribution in [0.5, 0.6) is 0 Å². The van der Waals surface area contributed by atoms with E-state index in [1.165, 1.54) is 6.07 Å². The molecule has 4 heteroatoms. The summed E-state index contributed by atoms with van der Waals surface area (Å²) in [5.41, 5.74) is 3.27. The van der Waals surface area contributed by atoms with E-state index in [-0.39, 0.29) is 11.7 Å². The van der Waals surface area contributed by atoms with Gasteiger partial charge in [-0.3, -0.25) is 4.79 Å². The Balaban J connectivity index is 2.10. The van der Waals surface area contributed by atoms with E-state index >= 15 is 0 Å². The molecule has 110 valence electrons. The normalized spacial score (nSPS) is 10.2. The summed E-state index contributed by atoms with van der Waals surface area (Å²) < 4.78 is 13.6. The molecule has 21 heavy (non-hydrogen) atoms. The third kappa shape index (κ3) is 4.05. The second kappa shape index (κ2) is 6.88. The molecule has 0 atom stereocenters. The molecule has 3 nitrogen and oxygen atoms in total. The maximum Gasteiger partial charge on any atom is 0.224 e. The lowest BCUT2D eigenvalue weighted by Crippen LogP contribution is -2.10. The Bertz CT molecular complexity index is 640. The molecule has 0 aromatic heterocycles. The van der Waals surface area contributed by atoms with Gasteiger partial charge in [0.25, 0.3) is 0 Å². The van der Waals surface area contributed by atoms with Crippen molar-refractivity contribution in [3.8, 4) is 0 Å². The average molecular weight is 286 g/mol. The minimum absolute atomic E-state index is 0.0288. The van der Waals surface area contributed by atoms with Gasteiger partial charge in [0.1, 0.15) is 5.82 Å². The van der Waals surface area contributed by atoms with Gasteiger partial charge in [-0.2, -0.15) is 0 Å². The van der Waals surface area contributed by atoms with E-state index in [0.29, 0.717) is 18.5 Å². The van der Waals surface area contributed by atoms with Gasteiger partial charge in [0, 0.05) is 29.9 Å². The van der Waals surface area contributed by atoms with E-state index in [9.17, 15) is 9.18 Å². The van der Waals surface area contributed by atoms with Gasteiger partial charge in [0.15, 0.2) is 0 Å². The van der Waals surface area contributed by atoms with Crippen molar-refractivity contribution >= 4 is 17.3 Å². The fourth-order valence-electron chi connectivity index (χ4n) is 1.97. The second-order valence-electron chi connectivity index (χ2n) is 4.88. The Hall–Kier alpha value is -2.36. The van der Waals surface area contributed by atoms with Crippen LogP contribution in [0, 0.1) is 12.7 Å². The van der Waals surface area contributed by atoms with Crippen LogP contribution in [0.15, 0.2) is 42.5 Å². The highest BCUT2D eigenvalue weighted by molar-refractivity contribution is 5.91. The van der Waals surface area contributed by atoms with Crippen molar-refractivity contribution in [3.05, 3.63) is 59.4 Å². The lowest BCUT2D eigenvalue weighted by molar-refractivity contribution is -0.115. The van der Waals surface area contributed by atoms with Crippen molar-refractivity contribution in [2.75, 3.05) is 10.6 Å². The molecule has 2 aromatic carbocycles. The molecular formula is C17H19FN2O. The average Bonchev–Trinajstić information content (AvgIpc) is 2.49. The molecule has 0 saturated carbocycles. The SMILES string of the molecule is CCC(=O)Nc1ccc(C)c(NCc2ccccc2F)c1. The zero-order chi connectivity index (χ0) is 15.2. The lowest BCUT2D eigenvalue weighted by Gasteiger charge is -2.12. The van der Waals surface area contributed by atoms with Crippen LogP contribution in [0.4, 0.5) is 15.8 Å².